The fraction of sp³-hybridized carbons (Fsp3) is 0.300. The molecule has 16 heavy (non-hydrogen) atoms. The van der Waals surface area contributed by atoms with Crippen LogP contribution in [0.25, 0.3) is 0 Å². The fourth-order valence-electron chi connectivity index (χ4n) is 1.04. The molecule has 6 heteroatoms. The summed E-state index contributed by atoms with van der Waals surface area (Å²) in [4.78, 5) is 14.1. The molecule has 0 radical (unpaired) electrons. The van der Waals surface area contributed by atoms with Crippen LogP contribution < -0.4 is 0 Å². The number of aromatic nitrogens is 1. The van der Waals surface area contributed by atoms with Crippen molar-refractivity contribution in [1.29, 1.82) is 0 Å². The number of halogens is 2. The SMILES string of the molecule is Cc1nc(Cl)c(C#CCCBr)cc1[N+](=O)[O-]. The Balaban J connectivity index is 3.16. The summed E-state index contributed by atoms with van der Waals surface area (Å²) in [5.41, 5.74) is 0.619. The minimum absolute atomic E-state index is 0.0625. The summed E-state index contributed by atoms with van der Waals surface area (Å²) < 4.78 is 0. The van der Waals surface area contributed by atoms with E-state index in [2.05, 4.69) is 32.8 Å². The van der Waals surface area contributed by atoms with E-state index in [0.29, 0.717) is 17.7 Å². The molecular formula is C10H8BrClN2O2. The Kier molecular flexibility index (Phi) is 4.71. The number of nitro groups is 1. The zero-order valence-corrected chi connectivity index (χ0v) is 10.8. The molecule has 0 unspecified atom stereocenters. The monoisotopic (exact) mass is 302 g/mol. The molecule has 0 saturated carbocycles. The molecule has 0 aliphatic heterocycles. The molecule has 4 nitrogen and oxygen atoms in total. The highest BCUT2D eigenvalue weighted by Crippen LogP contribution is 2.22. The number of aryl methyl sites for hydroxylation is 1. The van der Waals surface area contributed by atoms with Crippen LogP contribution in [0.3, 0.4) is 0 Å². The van der Waals surface area contributed by atoms with Gasteiger partial charge in [-0.3, -0.25) is 10.1 Å². The van der Waals surface area contributed by atoms with E-state index in [1.165, 1.54) is 6.07 Å². The summed E-state index contributed by atoms with van der Waals surface area (Å²) >= 11 is 9.07. The lowest BCUT2D eigenvalue weighted by Gasteiger charge is -1.99. The maximum Gasteiger partial charge on any atom is 0.291 e. The summed E-state index contributed by atoms with van der Waals surface area (Å²) in [7, 11) is 0. The van der Waals surface area contributed by atoms with Gasteiger partial charge in [-0.05, 0) is 6.92 Å². The van der Waals surface area contributed by atoms with Gasteiger partial charge in [0.2, 0.25) is 0 Å². The number of hydrogen-bond acceptors (Lipinski definition) is 3. The first kappa shape index (κ1) is 12.9. The average Bonchev–Trinajstić information content (AvgIpc) is 2.21. The average molecular weight is 304 g/mol. The van der Waals surface area contributed by atoms with Crippen molar-refractivity contribution in [2.75, 3.05) is 5.33 Å². The lowest BCUT2D eigenvalue weighted by atomic mass is 10.2. The second kappa shape index (κ2) is 5.83. The maximum absolute atomic E-state index is 10.7. The van der Waals surface area contributed by atoms with Crippen molar-refractivity contribution in [3.8, 4) is 11.8 Å². The molecule has 0 N–H and O–H groups in total. The molecule has 0 amide bonds. The van der Waals surface area contributed by atoms with Gasteiger partial charge in [-0.15, -0.1) is 0 Å². The van der Waals surface area contributed by atoms with Crippen LogP contribution >= 0.6 is 27.5 Å². The predicted molar refractivity (Wildman–Crippen MR) is 65.9 cm³/mol. The minimum atomic E-state index is -0.492. The quantitative estimate of drug-likeness (QED) is 0.277. The first-order valence-corrected chi connectivity index (χ1v) is 5.92. The van der Waals surface area contributed by atoms with Gasteiger partial charge in [0.25, 0.3) is 5.69 Å². The van der Waals surface area contributed by atoms with Crippen LogP contribution in [0.4, 0.5) is 5.69 Å². The predicted octanol–water partition coefficient (Wildman–Crippen LogP) is 3.09. The highest BCUT2D eigenvalue weighted by molar-refractivity contribution is 9.09. The number of hydrogen-bond donors (Lipinski definition) is 0. The topological polar surface area (TPSA) is 56.0 Å². The van der Waals surface area contributed by atoms with E-state index in [1.54, 1.807) is 6.92 Å². The van der Waals surface area contributed by atoms with Gasteiger partial charge in [-0.2, -0.15) is 0 Å². The highest BCUT2D eigenvalue weighted by atomic mass is 79.9. The summed E-state index contributed by atoms with van der Waals surface area (Å²) in [6.07, 6.45) is 0.651. The van der Waals surface area contributed by atoms with Crippen LogP contribution in [0.2, 0.25) is 5.15 Å². The lowest BCUT2D eigenvalue weighted by molar-refractivity contribution is -0.385. The Morgan fingerprint density at radius 1 is 1.69 bits per heavy atom. The first-order chi connectivity index (χ1) is 7.56. The molecule has 0 fully saturated rings. The molecule has 0 bridgehead atoms. The van der Waals surface area contributed by atoms with E-state index >= 15 is 0 Å². The van der Waals surface area contributed by atoms with Gasteiger partial charge in [0.05, 0.1) is 10.5 Å². The van der Waals surface area contributed by atoms with Crippen molar-refractivity contribution in [3.63, 3.8) is 0 Å². The number of alkyl halides is 1. The van der Waals surface area contributed by atoms with Crippen molar-refractivity contribution in [2.45, 2.75) is 13.3 Å². The van der Waals surface area contributed by atoms with Gasteiger partial charge in [-0.25, -0.2) is 4.98 Å². The molecule has 0 aliphatic rings. The minimum Gasteiger partial charge on any atom is -0.258 e. The summed E-state index contributed by atoms with van der Waals surface area (Å²) in [5.74, 6) is 5.59. The van der Waals surface area contributed by atoms with Crippen molar-refractivity contribution in [3.05, 3.63) is 32.6 Å². The van der Waals surface area contributed by atoms with Gasteiger partial charge >= 0.3 is 0 Å². The first-order valence-electron chi connectivity index (χ1n) is 4.42. The van der Waals surface area contributed by atoms with Crippen LogP contribution in [0.15, 0.2) is 6.07 Å². The molecule has 1 aromatic rings. The third kappa shape index (κ3) is 3.19. The number of nitrogens with zero attached hydrogens (tertiary/aromatic N) is 2. The third-order valence-electron chi connectivity index (χ3n) is 1.78. The number of pyridine rings is 1. The van der Waals surface area contributed by atoms with Gasteiger partial charge in [-0.1, -0.05) is 39.4 Å². The van der Waals surface area contributed by atoms with E-state index in [0.717, 1.165) is 5.33 Å². The third-order valence-corrected chi connectivity index (χ3v) is 2.46. The van der Waals surface area contributed by atoms with Crippen LogP contribution in [-0.4, -0.2) is 15.2 Å². The molecule has 1 aromatic heterocycles. The normalized spacial score (nSPS) is 9.44. The van der Waals surface area contributed by atoms with Crippen LogP contribution in [0.1, 0.15) is 17.7 Å². The standard InChI is InChI=1S/C10H8BrClN2O2/c1-7-9(14(15)16)6-8(10(12)13-7)4-2-3-5-11/h6H,3,5H2,1H3. The second-order valence-corrected chi connectivity index (χ2v) is 4.08. The summed E-state index contributed by atoms with van der Waals surface area (Å²) in [6, 6.07) is 1.35. The van der Waals surface area contributed by atoms with Gasteiger partial charge in [0.15, 0.2) is 0 Å². The lowest BCUT2D eigenvalue weighted by Crippen LogP contribution is -1.96. The molecule has 1 rings (SSSR count). The van der Waals surface area contributed by atoms with Crippen molar-refractivity contribution in [2.24, 2.45) is 0 Å². The van der Waals surface area contributed by atoms with E-state index in [-0.39, 0.29) is 10.8 Å². The van der Waals surface area contributed by atoms with Crippen LogP contribution in [0.5, 0.6) is 0 Å². The number of rotatable bonds is 2. The summed E-state index contributed by atoms with van der Waals surface area (Å²) in [5, 5.41) is 11.6. The molecule has 0 spiro atoms. The Bertz CT molecular complexity index is 480. The maximum atomic E-state index is 10.7. The van der Waals surface area contributed by atoms with Crippen molar-refractivity contribution >= 4 is 33.2 Å². The second-order valence-electron chi connectivity index (χ2n) is 2.93. The van der Waals surface area contributed by atoms with E-state index in [9.17, 15) is 10.1 Å². The molecule has 1 heterocycles. The van der Waals surface area contributed by atoms with Crippen LogP contribution in [0, 0.1) is 28.9 Å². The molecule has 0 atom stereocenters. The Labute approximate surface area is 106 Å². The zero-order valence-electron chi connectivity index (χ0n) is 8.46. The summed E-state index contributed by atoms with van der Waals surface area (Å²) in [6.45, 7) is 1.54. The van der Waals surface area contributed by atoms with E-state index in [4.69, 9.17) is 11.6 Å². The van der Waals surface area contributed by atoms with Crippen molar-refractivity contribution in [1.82, 2.24) is 4.98 Å². The molecular weight excluding hydrogens is 295 g/mol. The molecule has 0 aliphatic carbocycles. The van der Waals surface area contributed by atoms with E-state index in [1.807, 2.05) is 0 Å². The highest BCUT2D eigenvalue weighted by Gasteiger charge is 2.14. The zero-order chi connectivity index (χ0) is 12.1. The molecule has 0 saturated heterocycles. The van der Waals surface area contributed by atoms with E-state index < -0.39 is 4.92 Å². The Morgan fingerprint density at radius 2 is 2.38 bits per heavy atom. The Morgan fingerprint density at radius 3 is 2.94 bits per heavy atom. The van der Waals surface area contributed by atoms with Gasteiger partial charge in [0.1, 0.15) is 10.8 Å². The largest absolute Gasteiger partial charge is 0.291 e. The smallest absolute Gasteiger partial charge is 0.258 e. The molecule has 84 valence electrons. The Hall–Kier alpha value is -1.12. The van der Waals surface area contributed by atoms with Gasteiger partial charge in [0, 0.05) is 17.8 Å². The fourth-order valence-corrected chi connectivity index (χ4v) is 1.47. The van der Waals surface area contributed by atoms with Crippen molar-refractivity contribution < 1.29 is 4.92 Å². The molecule has 0 aromatic carbocycles. The van der Waals surface area contributed by atoms with Gasteiger partial charge < -0.3 is 0 Å². The van der Waals surface area contributed by atoms with Crippen LogP contribution in [-0.2, 0) is 0 Å².